The number of aliphatic hydroxyl groups is 10. The topological polar surface area (TPSA) is 478 Å². The fourth-order valence-electron chi connectivity index (χ4n) is 12.9. The van der Waals surface area contributed by atoms with Crippen LogP contribution in [0.25, 0.3) is 22.3 Å². The number of nitrogen functional groups attached to an aromatic ring is 1. The number of nitrogens with zero attached hydrogens (tertiary/aromatic N) is 2. The molecule has 29 nitrogen and oxygen atoms in total. The van der Waals surface area contributed by atoms with Gasteiger partial charge in [-0.2, -0.15) is 0 Å². The number of aliphatic hydroxyl groups excluding tert-OH is 9. The van der Waals surface area contributed by atoms with E-state index in [0.29, 0.717) is 45.0 Å². The first-order valence-electron chi connectivity index (χ1n) is 33.1. The Kier molecular flexibility index (Phi) is 26.7. The van der Waals surface area contributed by atoms with E-state index < -0.39 is 171 Å². The smallest absolute Gasteiger partial charge is 0.355 e. The van der Waals surface area contributed by atoms with Crippen LogP contribution in [-0.2, 0) is 66.4 Å². The quantitative estimate of drug-likeness (QED) is 0.0741. The molecule has 29 heteroatoms. The minimum atomic E-state index is -2.29. The van der Waals surface area contributed by atoms with Gasteiger partial charge >= 0.3 is 23.9 Å². The highest BCUT2D eigenvalue weighted by atomic mass is 16.7. The molecule has 0 amide bonds. The van der Waals surface area contributed by atoms with Crippen LogP contribution in [0.15, 0.2) is 108 Å². The molecule has 0 aliphatic carbocycles. The van der Waals surface area contributed by atoms with Crippen molar-refractivity contribution in [3.05, 3.63) is 130 Å². The molecular formula is C70H93N5O24. The second kappa shape index (κ2) is 34.2. The number of ether oxygens (including phenoxy) is 8. The monoisotopic (exact) mass is 1390 g/mol. The number of carboxylic acid groups (broad SMARTS) is 1. The third-order valence-electron chi connectivity index (χ3n) is 18.6. The molecule has 0 radical (unpaired) electrons. The Bertz CT molecular complexity index is 3630. The molecule has 99 heavy (non-hydrogen) atoms. The molecule has 2 bridgehead atoms. The summed E-state index contributed by atoms with van der Waals surface area (Å²) < 4.78 is 46.4. The van der Waals surface area contributed by atoms with E-state index in [1.54, 1.807) is 110 Å². The van der Waals surface area contributed by atoms with E-state index in [2.05, 4.69) is 0 Å². The maximum Gasteiger partial charge on any atom is 0.355 e. The molecule has 542 valence electrons. The number of fused-ring (bicyclic) bond motifs is 8. The summed E-state index contributed by atoms with van der Waals surface area (Å²) in [4.78, 5) is 68.3. The van der Waals surface area contributed by atoms with Gasteiger partial charge in [-0.05, 0) is 51.7 Å². The lowest BCUT2D eigenvalue weighted by molar-refractivity contribution is -0.308. The number of hydrogen-bond acceptors (Lipinski definition) is 27. The van der Waals surface area contributed by atoms with E-state index in [1.165, 1.54) is 13.0 Å². The van der Waals surface area contributed by atoms with Crippen molar-refractivity contribution in [2.75, 3.05) is 19.1 Å². The van der Waals surface area contributed by atoms with Gasteiger partial charge in [-0.25, -0.2) is 9.78 Å². The molecule has 9 rings (SSSR count). The lowest BCUT2D eigenvalue weighted by atomic mass is 9.82. The van der Waals surface area contributed by atoms with E-state index in [-0.39, 0.29) is 69.1 Å². The zero-order valence-corrected chi connectivity index (χ0v) is 55.8. The number of rotatable bonds is 6. The van der Waals surface area contributed by atoms with Crippen LogP contribution in [-0.4, -0.2) is 200 Å². The van der Waals surface area contributed by atoms with E-state index in [9.17, 15) is 80.1 Å². The zero-order chi connectivity index (χ0) is 72.2. The van der Waals surface area contributed by atoms with Crippen molar-refractivity contribution in [1.29, 1.82) is 0 Å². The van der Waals surface area contributed by atoms with Gasteiger partial charge in [0.05, 0.1) is 121 Å². The van der Waals surface area contributed by atoms with Gasteiger partial charge in [-0.1, -0.05) is 106 Å². The fourth-order valence-corrected chi connectivity index (χ4v) is 12.9. The van der Waals surface area contributed by atoms with Crippen molar-refractivity contribution in [3.63, 3.8) is 0 Å². The highest BCUT2D eigenvalue weighted by molar-refractivity contribution is 5.98. The molecule has 8 heterocycles. The molecule has 3 aromatic rings. The molecule has 2 aromatic heterocycles. The summed E-state index contributed by atoms with van der Waals surface area (Å²) >= 11 is 0. The number of aromatic nitrogens is 2. The molecule has 0 unspecified atom stereocenters. The Morgan fingerprint density at radius 2 is 1.39 bits per heavy atom. The van der Waals surface area contributed by atoms with Crippen molar-refractivity contribution in [3.8, 4) is 22.9 Å². The number of carbonyl (C=O) groups excluding carboxylic acids is 3. The van der Waals surface area contributed by atoms with Gasteiger partial charge in [0.15, 0.2) is 23.6 Å². The maximum absolute atomic E-state index is 13.5. The third-order valence-corrected chi connectivity index (χ3v) is 18.6. The highest BCUT2D eigenvalue weighted by Gasteiger charge is 2.53. The fraction of sp³-hybridized carbons (Fsp3) is 0.543. The number of nitrogens with two attached hydrogens (primary N) is 3. The minimum Gasteiger partial charge on any atom is -0.481 e. The number of pyridine rings is 2. The number of hydrogen-bond donors (Lipinski definition) is 14. The first-order valence-corrected chi connectivity index (χ1v) is 33.1. The normalized spacial score (nSPS) is 36.5. The molecule has 17 N–H and O–H groups in total. The molecular weight excluding hydrogens is 1290 g/mol. The Morgan fingerprint density at radius 1 is 0.737 bits per heavy atom. The Labute approximate surface area is 571 Å². The molecule has 6 aliphatic rings. The van der Waals surface area contributed by atoms with E-state index >= 15 is 0 Å². The number of carbonyl (C=O) groups is 4. The van der Waals surface area contributed by atoms with Gasteiger partial charge in [0.2, 0.25) is 12.4 Å². The van der Waals surface area contributed by atoms with Crippen molar-refractivity contribution in [2.45, 2.75) is 209 Å². The summed E-state index contributed by atoms with van der Waals surface area (Å²) in [6.45, 7) is 8.12. The summed E-state index contributed by atoms with van der Waals surface area (Å²) in [7, 11) is 0. The first-order chi connectivity index (χ1) is 47.0. The van der Waals surface area contributed by atoms with Gasteiger partial charge < -0.3 is 116 Å². The van der Waals surface area contributed by atoms with Gasteiger partial charge in [-0.15, -0.1) is 0 Å². The van der Waals surface area contributed by atoms with Crippen molar-refractivity contribution >= 4 is 40.5 Å². The molecule has 0 spiro atoms. The number of cyclic esters (lactones) is 2. The second-order valence-electron chi connectivity index (χ2n) is 25.9. The predicted octanol–water partition coefficient (Wildman–Crippen LogP) is 1.61. The average Bonchev–Trinajstić information content (AvgIpc) is 1.64. The second-order valence-corrected chi connectivity index (χ2v) is 25.9. The Morgan fingerprint density at radius 3 is 2.04 bits per heavy atom. The molecule has 20 atom stereocenters. The van der Waals surface area contributed by atoms with Gasteiger partial charge in [0.25, 0.3) is 5.56 Å². The number of benzene rings is 1. The standard InChI is InChI=1S/C47H73NO17.C23H20N4O7/c1-27-17-15-13-11-9-7-5-6-8-10-12-14-16-18-34(64-46-44(58)41(48)43(57)30(4)63-46)24-38-40(45(59)60)37(54)26-47(61,65-38)25-33(51)21-31(49)19-20-35(52)36(53)22-32(50)23-39(55)62-29(3)28(2)42(27)56;1-2-23(34-17(28)6-24)13-4-15-19-10(7-27(15)21(29)12(13)8-31-22(23)30)3-11-14(26-19)5-16-20(18(11)25)33-9-32-16/h5-18,27-38,40-44,46,49-54,56-58,61H,19-26,48H2,1-4H3,(H,59,60);3-5H,2,6-9,24-25H2,1H3/b6-5+,9-7+,10-8+,13-11+,14-12+,17-15+,18-16+;/t27-,28+,29-,30+,31-,32+,33-,34-,35-,36-,37-,38-,40+,41-,42+,43+,44-,46-,47+;23-/m00/s1. The largest absolute Gasteiger partial charge is 0.481 e. The summed E-state index contributed by atoms with van der Waals surface area (Å²) in [5.41, 5.74) is 19.1. The predicted molar refractivity (Wildman–Crippen MR) is 355 cm³/mol. The van der Waals surface area contributed by atoms with Crippen LogP contribution in [0, 0.1) is 17.8 Å². The molecule has 1 aromatic carbocycles. The van der Waals surface area contributed by atoms with Gasteiger partial charge in [0, 0.05) is 60.1 Å². The Hall–Kier alpha value is -7.56. The Balaban J connectivity index is 0.000000303. The first kappa shape index (κ1) is 77.2. The van der Waals surface area contributed by atoms with E-state index in [0.717, 1.165) is 5.56 Å². The number of aliphatic carboxylic acids is 1. The lowest BCUT2D eigenvalue weighted by Crippen LogP contribution is -2.61. The SMILES string of the molecule is CC[C@@]1(OC(=O)CN)C(=O)OCc2c1cc1n(c2=O)Cc2cc3c(N)c4c(cc3nc2-1)OCO4.C[C@H]1[C@H](O)[C@@H](C)/C=C/C=C/C=C/C=C/C=C/C=C/C=C/[C@H](O[C@@H]2O[C@H](C)[C@@H](O)[C@H](N)[C@@H]2O)C[C@@H]2O[C@](O)(C[C@@H](O)C[C@@H](O)CC[C@H](O)[C@@H](O)C[C@@H](O)CC(=O)O[C@H]1C)C[C@H](O)[C@H]2C(=O)O. The van der Waals surface area contributed by atoms with Crippen molar-refractivity contribution in [2.24, 2.45) is 29.2 Å². The summed E-state index contributed by atoms with van der Waals surface area (Å²) in [5, 5.41) is 119. The van der Waals surface area contributed by atoms with Crippen LogP contribution in [0.1, 0.15) is 109 Å². The zero-order valence-electron chi connectivity index (χ0n) is 55.8. The summed E-state index contributed by atoms with van der Waals surface area (Å²) in [6.07, 6.45) is 3.62. The van der Waals surface area contributed by atoms with Crippen LogP contribution in [0.4, 0.5) is 5.69 Å². The molecule has 2 saturated heterocycles. The van der Waals surface area contributed by atoms with Gasteiger partial charge in [0.1, 0.15) is 24.7 Å². The van der Waals surface area contributed by atoms with Crippen LogP contribution >= 0.6 is 0 Å². The summed E-state index contributed by atoms with van der Waals surface area (Å²) in [6, 6.07) is 4.16. The maximum atomic E-state index is 13.5. The van der Waals surface area contributed by atoms with Crippen molar-refractivity contribution in [1.82, 2.24) is 9.55 Å². The number of allylic oxidation sites excluding steroid dienone is 12. The minimum absolute atomic E-state index is 0.0749. The molecule has 0 saturated carbocycles. The lowest BCUT2D eigenvalue weighted by Gasteiger charge is -2.45. The van der Waals surface area contributed by atoms with Crippen LogP contribution in [0.5, 0.6) is 11.5 Å². The third kappa shape index (κ3) is 18.7. The van der Waals surface area contributed by atoms with Crippen LogP contribution in [0.2, 0.25) is 0 Å². The van der Waals surface area contributed by atoms with E-state index in [1.807, 2.05) is 19.1 Å². The van der Waals surface area contributed by atoms with Crippen molar-refractivity contribution < 1.29 is 113 Å². The highest BCUT2D eigenvalue weighted by Crippen LogP contribution is 2.46. The summed E-state index contributed by atoms with van der Waals surface area (Å²) in [5.74, 6) is -7.36. The van der Waals surface area contributed by atoms with Crippen LogP contribution < -0.4 is 32.2 Å². The number of esters is 3. The number of anilines is 1. The van der Waals surface area contributed by atoms with Crippen LogP contribution in [0.3, 0.4) is 0 Å². The average molecular weight is 1390 g/mol. The molecule has 6 aliphatic heterocycles. The number of carboxylic acids is 1. The van der Waals surface area contributed by atoms with E-state index in [4.69, 9.17) is 60.1 Å². The van der Waals surface area contributed by atoms with Gasteiger partial charge in [-0.3, -0.25) is 19.2 Å². The molecule has 2 fully saturated rings.